The number of ether oxygens (including phenoxy) is 1. The highest BCUT2D eigenvalue weighted by atomic mass is 16.5. The van der Waals surface area contributed by atoms with Crippen molar-refractivity contribution in [3.63, 3.8) is 0 Å². The average molecular weight is 183 g/mol. The number of rotatable bonds is 1. The van der Waals surface area contributed by atoms with Gasteiger partial charge in [0.25, 0.3) is 0 Å². The van der Waals surface area contributed by atoms with E-state index in [0.29, 0.717) is 0 Å². The molecule has 0 bridgehead atoms. The molecule has 2 aliphatic heterocycles. The summed E-state index contributed by atoms with van der Waals surface area (Å²) in [6.45, 7) is 5.52. The molecule has 1 unspecified atom stereocenters. The van der Waals surface area contributed by atoms with E-state index in [-0.39, 0.29) is 0 Å². The summed E-state index contributed by atoms with van der Waals surface area (Å²) in [4.78, 5) is 0. The minimum absolute atomic E-state index is 0.747. The van der Waals surface area contributed by atoms with Crippen LogP contribution in [0, 0.1) is 11.8 Å². The van der Waals surface area contributed by atoms with E-state index in [1.165, 1.54) is 32.2 Å². The van der Waals surface area contributed by atoms with Crippen molar-refractivity contribution in [2.75, 3.05) is 19.8 Å². The van der Waals surface area contributed by atoms with E-state index < -0.39 is 0 Å². The lowest BCUT2D eigenvalue weighted by atomic mass is 9.85. The maximum absolute atomic E-state index is 5.52. The highest BCUT2D eigenvalue weighted by Crippen LogP contribution is 2.24. The van der Waals surface area contributed by atoms with Crippen LogP contribution in [-0.4, -0.2) is 25.8 Å². The Morgan fingerprint density at radius 1 is 1.23 bits per heavy atom. The van der Waals surface area contributed by atoms with Gasteiger partial charge in [0.1, 0.15) is 0 Å². The van der Waals surface area contributed by atoms with Crippen LogP contribution in [0.25, 0.3) is 0 Å². The van der Waals surface area contributed by atoms with Crippen molar-refractivity contribution in [1.29, 1.82) is 0 Å². The van der Waals surface area contributed by atoms with Crippen molar-refractivity contribution >= 4 is 0 Å². The molecule has 2 fully saturated rings. The summed E-state index contributed by atoms with van der Waals surface area (Å²) in [5.74, 6) is 1.67. The van der Waals surface area contributed by atoms with Crippen LogP contribution in [0.5, 0.6) is 0 Å². The Hall–Kier alpha value is -0.0800. The molecular formula is C11H21NO. The fourth-order valence-electron chi connectivity index (χ4n) is 2.51. The van der Waals surface area contributed by atoms with Gasteiger partial charge in [-0.3, -0.25) is 0 Å². The smallest absolute Gasteiger partial charge is 0.0509 e. The maximum atomic E-state index is 5.52. The number of nitrogens with one attached hydrogen (secondary N) is 1. The zero-order valence-electron chi connectivity index (χ0n) is 8.59. The van der Waals surface area contributed by atoms with E-state index >= 15 is 0 Å². The Morgan fingerprint density at radius 2 is 2.15 bits per heavy atom. The Labute approximate surface area is 81.0 Å². The quantitative estimate of drug-likeness (QED) is 0.669. The fraction of sp³-hybridized carbons (Fsp3) is 1.00. The van der Waals surface area contributed by atoms with Crippen LogP contribution in [-0.2, 0) is 4.74 Å². The lowest BCUT2D eigenvalue weighted by Crippen LogP contribution is -2.45. The largest absolute Gasteiger partial charge is 0.381 e. The first kappa shape index (κ1) is 9.47. The van der Waals surface area contributed by atoms with Crippen molar-refractivity contribution < 1.29 is 4.74 Å². The van der Waals surface area contributed by atoms with Crippen LogP contribution < -0.4 is 5.32 Å². The monoisotopic (exact) mass is 183 g/mol. The zero-order chi connectivity index (χ0) is 9.10. The molecule has 0 aromatic rings. The van der Waals surface area contributed by atoms with Crippen LogP contribution >= 0.6 is 0 Å². The molecule has 0 saturated carbocycles. The molecule has 0 aliphatic carbocycles. The van der Waals surface area contributed by atoms with Crippen molar-refractivity contribution in [2.45, 2.75) is 38.6 Å². The molecule has 2 saturated heterocycles. The maximum Gasteiger partial charge on any atom is 0.0509 e. The molecule has 2 rings (SSSR count). The molecule has 2 heteroatoms. The van der Waals surface area contributed by atoms with Gasteiger partial charge in [-0.15, -0.1) is 0 Å². The normalized spacial score (nSPS) is 41.8. The van der Waals surface area contributed by atoms with Crippen molar-refractivity contribution in [3.8, 4) is 0 Å². The Morgan fingerprint density at radius 3 is 2.77 bits per heavy atom. The van der Waals surface area contributed by atoms with E-state index in [1.807, 2.05) is 0 Å². The van der Waals surface area contributed by atoms with Crippen molar-refractivity contribution in [2.24, 2.45) is 11.8 Å². The molecule has 2 heterocycles. The molecule has 0 amide bonds. The van der Waals surface area contributed by atoms with Gasteiger partial charge in [-0.05, 0) is 44.1 Å². The molecule has 0 spiro atoms. The van der Waals surface area contributed by atoms with Crippen molar-refractivity contribution in [3.05, 3.63) is 0 Å². The van der Waals surface area contributed by atoms with Gasteiger partial charge in [-0.1, -0.05) is 6.92 Å². The van der Waals surface area contributed by atoms with Crippen molar-refractivity contribution in [1.82, 2.24) is 5.32 Å². The Bertz CT molecular complexity index is 146. The first-order chi connectivity index (χ1) is 6.36. The van der Waals surface area contributed by atoms with Gasteiger partial charge >= 0.3 is 0 Å². The first-order valence-corrected chi connectivity index (χ1v) is 5.67. The molecule has 2 nitrogen and oxygen atoms in total. The molecule has 13 heavy (non-hydrogen) atoms. The standard InChI is InChI=1S/C11H21NO/c1-9-4-5-11(12-7-9)10-3-2-6-13-8-10/h9-12H,2-8H2,1H3/t9-,10?,11+/m0/s1. The average Bonchev–Trinajstić information content (AvgIpc) is 2.20. The molecule has 0 radical (unpaired) electrons. The second kappa shape index (κ2) is 4.43. The third-order valence-electron chi connectivity index (χ3n) is 3.46. The van der Waals surface area contributed by atoms with Gasteiger partial charge in [-0.25, -0.2) is 0 Å². The topological polar surface area (TPSA) is 21.3 Å². The molecule has 0 aromatic heterocycles. The number of hydrogen-bond acceptors (Lipinski definition) is 2. The van der Waals surface area contributed by atoms with Gasteiger partial charge in [0, 0.05) is 12.6 Å². The Kier molecular flexibility index (Phi) is 3.23. The van der Waals surface area contributed by atoms with Crippen LogP contribution in [0.15, 0.2) is 0 Å². The summed E-state index contributed by atoms with van der Waals surface area (Å²) in [5.41, 5.74) is 0. The SMILES string of the molecule is C[C@H]1CC[C@H](C2CCCOC2)NC1. The van der Waals surface area contributed by atoms with E-state index in [1.54, 1.807) is 0 Å². The number of hydrogen-bond donors (Lipinski definition) is 1. The summed E-state index contributed by atoms with van der Waals surface area (Å²) < 4.78 is 5.52. The molecule has 0 aromatic carbocycles. The highest BCUT2D eigenvalue weighted by Gasteiger charge is 2.26. The molecule has 1 N–H and O–H groups in total. The second-order valence-corrected chi connectivity index (χ2v) is 4.67. The van der Waals surface area contributed by atoms with Gasteiger partial charge in [-0.2, -0.15) is 0 Å². The predicted molar refractivity (Wildman–Crippen MR) is 53.7 cm³/mol. The van der Waals surface area contributed by atoms with E-state index in [2.05, 4.69) is 12.2 Å². The van der Waals surface area contributed by atoms with Crippen LogP contribution in [0.3, 0.4) is 0 Å². The highest BCUT2D eigenvalue weighted by molar-refractivity contribution is 4.83. The lowest BCUT2D eigenvalue weighted by molar-refractivity contribution is 0.0326. The van der Waals surface area contributed by atoms with Crippen LogP contribution in [0.4, 0.5) is 0 Å². The second-order valence-electron chi connectivity index (χ2n) is 4.67. The van der Waals surface area contributed by atoms with E-state index in [4.69, 9.17) is 4.74 Å². The Balaban J connectivity index is 1.79. The van der Waals surface area contributed by atoms with Gasteiger partial charge in [0.15, 0.2) is 0 Å². The third-order valence-corrected chi connectivity index (χ3v) is 3.46. The van der Waals surface area contributed by atoms with E-state index in [9.17, 15) is 0 Å². The van der Waals surface area contributed by atoms with Crippen LogP contribution in [0.1, 0.15) is 32.6 Å². The molecular weight excluding hydrogens is 162 g/mol. The van der Waals surface area contributed by atoms with Gasteiger partial charge in [0.05, 0.1) is 6.61 Å². The summed E-state index contributed by atoms with van der Waals surface area (Å²) >= 11 is 0. The molecule has 2 aliphatic rings. The third kappa shape index (κ3) is 2.44. The summed E-state index contributed by atoms with van der Waals surface area (Å²) in [6.07, 6.45) is 5.38. The fourth-order valence-corrected chi connectivity index (χ4v) is 2.51. The van der Waals surface area contributed by atoms with Gasteiger partial charge in [0.2, 0.25) is 0 Å². The lowest BCUT2D eigenvalue weighted by Gasteiger charge is -2.35. The summed E-state index contributed by atoms with van der Waals surface area (Å²) in [7, 11) is 0. The first-order valence-electron chi connectivity index (χ1n) is 5.67. The minimum Gasteiger partial charge on any atom is -0.381 e. The van der Waals surface area contributed by atoms with E-state index in [0.717, 1.165) is 31.1 Å². The van der Waals surface area contributed by atoms with Crippen LogP contribution in [0.2, 0.25) is 0 Å². The summed E-state index contributed by atoms with van der Waals surface area (Å²) in [5, 5.41) is 3.66. The molecule has 76 valence electrons. The zero-order valence-corrected chi connectivity index (χ0v) is 8.59. The molecule has 3 atom stereocenters. The number of piperidine rings is 1. The predicted octanol–water partition coefficient (Wildman–Crippen LogP) is 1.80. The summed E-state index contributed by atoms with van der Waals surface area (Å²) in [6, 6.07) is 0.747. The van der Waals surface area contributed by atoms with Gasteiger partial charge < -0.3 is 10.1 Å². The minimum atomic E-state index is 0.747.